The molecule has 1 aromatic carbocycles. The van der Waals surface area contributed by atoms with E-state index in [1.54, 1.807) is 53.7 Å². The van der Waals surface area contributed by atoms with Crippen molar-refractivity contribution < 1.29 is 14.3 Å². The number of nitrogens with zero attached hydrogens (tertiary/aromatic N) is 2. The Hall–Kier alpha value is -2.60. The molecule has 0 saturated carbocycles. The van der Waals surface area contributed by atoms with Crippen LogP contribution in [0.25, 0.3) is 0 Å². The molecule has 1 N–H and O–H groups in total. The molecule has 1 fully saturated rings. The van der Waals surface area contributed by atoms with Gasteiger partial charge in [-0.2, -0.15) is 0 Å². The van der Waals surface area contributed by atoms with Crippen LogP contribution in [0.2, 0.25) is 5.02 Å². The molecule has 1 aromatic heterocycles. The summed E-state index contributed by atoms with van der Waals surface area (Å²) in [5.74, 6) is 0.448. The summed E-state index contributed by atoms with van der Waals surface area (Å²) in [6.45, 7) is 1.20. The van der Waals surface area contributed by atoms with E-state index in [4.69, 9.17) is 16.3 Å². The van der Waals surface area contributed by atoms with E-state index in [-0.39, 0.29) is 24.5 Å². The fourth-order valence-corrected chi connectivity index (χ4v) is 2.94. The lowest BCUT2D eigenvalue weighted by molar-refractivity contribution is -0.134. The Kier molecular flexibility index (Phi) is 6.07. The van der Waals surface area contributed by atoms with Gasteiger partial charge in [-0.1, -0.05) is 11.6 Å². The zero-order valence-corrected chi connectivity index (χ0v) is 15.0. The summed E-state index contributed by atoms with van der Waals surface area (Å²) in [5, 5.41) is 3.63. The van der Waals surface area contributed by atoms with Crippen LogP contribution in [-0.2, 0) is 4.79 Å². The normalized spacial score (nSPS) is 14.7. The van der Waals surface area contributed by atoms with Crippen LogP contribution in [0.3, 0.4) is 0 Å². The molecular formula is C19H20ClN3O3. The number of amides is 2. The van der Waals surface area contributed by atoms with Crippen LogP contribution >= 0.6 is 11.6 Å². The first-order valence-electron chi connectivity index (χ1n) is 8.49. The largest absolute Gasteiger partial charge is 0.484 e. The third-order valence-corrected chi connectivity index (χ3v) is 4.55. The van der Waals surface area contributed by atoms with Gasteiger partial charge in [0, 0.05) is 42.1 Å². The van der Waals surface area contributed by atoms with Crippen LogP contribution in [0.1, 0.15) is 23.2 Å². The van der Waals surface area contributed by atoms with Crippen LogP contribution in [0, 0.1) is 0 Å². The second-order valence-electron chi connectivity index (χ2n) is 6.11. The molecule has 1 aliphatic rings. The fourth-order valence-electron chi connectivity index (χ4n) is 2.81. The molecule has 2 aromatic rings. The number of halogens is 1. The summed E-state index contributed by atoms with van der Waals surface area (Å²) >= 11 is 5.82. The number of pyridine rings is 1. The van der Waals surface area contributed by atoms with Gasteiger partial charge < -0.3 is 15.0 Å². The zero-order valence-electron chi connectivity index (χ0n) is 14.2. The lowest BCUT2D eigenvalue weighted by atomic mass is 10.0. The first-order chi connectivity index (χ1) is 12.6. The number of hydrogen-bond donors (Lipinski definition) is 1. The van der Waals surface area contributed by atoms with Crippen LogP contribution in [0.5, 0.6) is 5.75 Å². The predicted octanol–water partition coefficient (Wildman–Crippen LogP) is 2.53. The summed E-state index contributed by atoms with van der Waals surface area (Å²) in [7, 11) is 0. The summed E-state index contributed by atoms with van der Waals surface area (Å²) in [6, 6.07) is 10.3. The van der Waals surface area contributed by atoms with Gasteiger partial charge in [0.15, 0.2) is 6.61 Å². The monoisotopic (exact) mass is 373 g/mol. The average molecular weight is 374 g/mol. The van der Waals surface area contributed by atoms with Gasteiger partial charge in [0.2, 0.25) is 0 Å². The van der Waals surface area contributed by atoms with Crippen molar-refractivity contribution >= 4 is 23.4 Å². The lowest BCUT2D eigenvalue weighted by Gasteiger charge is -2.32. The van der Waals surface area contributed by atoms with E-state index >= 15 is 0 Å². The minimum absolute atomic E-state index is 0.00429. The molecule has 0 unspecified atom stereocenters. The van der Waals surface area contributed by atoms with Crippen LogP contribution in [-0.4, -0.2) is 47.4 Å². The maximum absolute atomic E-state index is 12.3. The molecule has 0 bridgehead atoms. The minimum atomic E-state index is -0.108. The van der Waals surface area contributed by atoms with Crippen molar-refractivity contribution in [3.8, 4) is 5.75 Å². The summed E-state index contributed by atoms with van der Waals surface area (Å²) in [4.78, 5) is 30.1. The van der Waals surface area contributed by atoms with Gasteiger partial charge in [0.25, 0.3) is 11.8 Å². The van der Waals surface area contributed by atoms with Crippen LogP contribution < -0.4 is 10.1 Å². The Morgan fingerprint density at radius 3 is 2.42 bits per heavy atom. The molecule has 1 aliphatic heterocycles. The number of aromatic nitrogens is 1. The number of carbonyl (C=O) groups is 2. The van der Waals surface area contributed by atoms with E-state index in [0.29, 0.717) is 29.4 Å². The minimum Gasteiger partial charge on any atom is -0.484 e. The number of benzene rings is 1. The van der Waals surface area contributed by atoms with E-state index in [1.165, 1.54) is 0 Å². The van der Waals surface area contributed by atoms with Gasteiger partial charge in [-0.25, -0.2) is 0 Å². The van der Waals surface area contributed by atoms with Crippen molar-refractivity contribution in [2.45, 2.75) is 18.9 Å². The van der Waals surface area contributed by atoms with Gasteiger partial charge in [-0.3, -0.25) is 14.6 Å². The van der Waals surface area contributed by atoms with Crippen molar-refractivity contribution in [2.75, 3.05) is 19.7 Å². The van der Waals surface area contributed by atoms with Gasteiger partial charge in [-0.05, 0) is 49.2 Å². The highest BCUT2D eigenvalue weighted by Gasteiger charge is 2.24. The Bertz CT molecular complexity index is 744. The van der Waals surface area contributed by atoms with Gasteiger partial charge in [0.1, 0.15) is 5.75 Å². The molecule has 0 aliphatic carbocycles. The topological polar surface area (TPSA) is 71.5 Å². The van der Waals surface area contributed by atoms with Gasteiger partial charge >= 0.3 is 0 Å². The quantitative estimate of drug-likeness (QED) is 0.874. The maximum Gasteiger partial charge on any atom is 0.260 e. The zero-order chi connectivity index (χ0) is 18.4. The highest BCUT2D eigenvalue weighted by molar-refractivity contribution is 6.30. The standard InChI is InChI=1S/C19H20ClN3O3/c20-15-1-3-17(4-2-15)26-13-18(24)23-11-7-16(8-12-23)22-19(25)14-5-9-21-10-6-14/h1-6,9-10,16H,7-8,11-13H2,(H,22,25). The van der Waals surface area contributed by atoms with Crippen LogP contribution in [0.4, 0.5) is 0 Å². The lowest BCUT2D eigenvalue weighted by Crippen LogP contribution is -2.47. The number of piperidine rings is 1. The Morgan fingerprint density at radius 1 is 1.12 bits per heavy atom. The molecule has 2 amide bonds. The second kappa shape index (κ2) is 8.67. The molecule has 3 rings (SSSR count). The molecule has 6 nitrogen and oxygen atoms in total. The van der Waals surface area contributed by atoms with Gasteiger partial charge in [0.05, 0.1) is 0 Å². The first kappa shape index (κ1) is 18.2. The molecule has 0 radical (unpaired) electrons. The van der Waals surface area contributed by atoms with E-state index in [2.05, 4.69) is 10.3 Å². The highest BCUT2D eigenvalue weighted by Crippen LogP contribution is 2.16. The number of ether oxygens (including phenoxy) is 1. The number of hydrogen-bond acceptors (Lipinski definition) is 4. The van der Waals surface area contributed by atoms with E-state index in [9.17, 15) is 9.59 Å². The highest BCUT2D eigenvalue weighted by atomic mass is 35.5. The number of carbonyl (C=O) groups excluding carboxylic acids is 2. The van der Waals surface area contributed by atoms with E-state index < -0.39 is 0 Å². The van der Waals surface area contributed by atoms with Gasteiger partial charge in [-0.15, -0.1) is 0 Å². The smallest absolute Gasteiger partial charge is 0.260 e. The van der Waals surface area contributed by atoms with Crippen molar-refractivity contribution in [1.29, 1.82) is 0 Å². The van der Waals surface area contributed by atoms with Crippen molar-refractivity contribution in [3.63, 3.8) is 0 Å². The Labute approximate surface area is 157 Å². The van der Waals surface area contributed by atoms with Crippen molar-refractivity contribution in [2.24, 2.45) is 0 Å². The SMILES string of the molecule is O=C(NC1CCN(C(=O)COc2ccc(Cl)cc2)CC1)c1ccncc1. The molecule has 2 heterocycles. The predicted molar refractivity (Wildman–Crippen MR) is 98.3 cm³/mol. The summed E-state index contributed by atoms with van der Waals surface area (Å²) < 4.78 is 5.50. The molecule has 1 saturated heterocycles. The van der Waals surface area contributed by atoms with E-state index in [1.807, 2.05) is 0 Å². The molecule has 0 atom stereocenters. The Balaban J connectivity index is 1.42. The molecule has 7 heteroatoms. The van der Waals surface area contributed by atoms with Crippen molar-refractivity contribution in [1.82, 2.24) is 15.2 Å². The number of rotatable bonds is 5. The van der Waals surface area contributed by atoms with E-state index in [0.717, 1.165) is 12.8 Å². The average Bonchev–Trinajstić information content (AvgIpc) is 2.68. The third kappa shape index (κ3) is 4.95. The molecule has 136 valence electrons. The molecule has 26 heavy (non-hydrogen) atoms. The first-order valence-corrected chi connectivity index (χ1v) is 8.86. The van der Waals surface area contributed by atoms with Crippen LogP contribution in [0.15, 0.2) is 48.8 Å². The van der Waals surface area contributed by atoms with Crippen molar-refractivity contribution in [3.05, 3.63) is 59.4 Å². The summed E-state index contributed by atoms with van der Waals surface area (Å²) in [5.41, 5.74) is 0.592. The number of nitrogens with one attached hydrogen (secondary N) is 1. The second-order valence-corrected chi connectivity index (χ2v) is 6.54. The number of likely N-dealkylation sites (tertiary alicyclic amines) is 1. The summed E-state index contributed by atoms with van der Waals surface area (Å²) in [6.07, 6.45) is 4.64. The molecule has 0 spiro atoms. The fraction of sp³-hybridized carbons (Fsp3) is 0.316. The Morgan fingerprint density at radius 2 is 1.77 bits per heavy atom. The maximum atomic E-state index is 12.3. The molecular weight excluding hydrogens is 354 g/mol. The third-order valence-electron chi connectivity index (χ3n) is 4.30.